The van der Waals surface area contributed by atoms with Gasteiger partial charge < -0.3 is 19.1 Å². The third-order valence-electron chi connectivity index (χ3n) is 4.85. The fraction of sp³-hybridized carbons (Fsp3) is 0.381. The summed E-state index contributed by atoms with van der Waals surface area (Å²) in [7, 11) is 6.59. The Labute approximate surface area is 174 Å². The van der Waals surface area contributed by atoms with Gasteiger partial charge >= 0.3 is 5.97 Å². The van der Waals surface area contributed by atoms with Gasteiger partial charge in [0.15, 0.2) is 0 Å². The molecule has 2 heterocycles. The molecule has 0 unspecified atom stereocenters. The van der Waals surface area contributed by atoms with E-state index in [0.29, 0.717) is 28.6 Å². The Morgan fingerprint density at radius 2 is 2.10 bits per heavy atom. The second-order valence-electron chi connectivity index (χ2n) is 6.62. The minimum atomic E-state index is -0.362. The minimum absolute atomic E-state index is 0.0888. The molecule has 0 aliphatic carbocycles. The van der Waals surface area contributed by atoms with Crippen molar-refractivity contribution in [3.8, 4) is 28.7 Å². The highest BCUT2D eigenvalue weighted by molar-refractivity contribution is 7.99. The van der Waals surface area contributed by atoms with Crippen LogP contribution in [0.3, 0.4) is 0 Å². The fourth-order valence-electron chi connectivity index (χ4n) is 3.37. The van der Waals surface area contributed by atoms with Crippen LogP contribution in [0.2, 0.25) is 0 Å². The molecular formula is C21H23N3O4S. The van der Waals surface area contributed by atoms with Gasteiger partial charge in [-0.25, -0.2) is 4.98 Å². The van der Waals surface area contributed by atoms with E-state index in [1.807, 2.05) is 25.2 Å². The zero-order valence-electron chi connectivity index (χ0n) is 16.9. The highest BCUT2D eigenvalue weighted by atomic mass is 32.2. The van der Waals surface area contributed by atoms with E-state index in [4.69, 9.17) is 19.2 Å². The standard InChI is InChI=1S/C21H23N3O4S/c1-24-8-7-17-16(11-24)20(14-9-13(26-2)5-6-18(14)27-3)15(10-22)21(23-17)29-12-19(25)28-4/h5-6,9H,7-8,11-12H2,1-4H3. The number of nitrogens with zero attached hydrogens (tertiary/aromatic N) is 3. The number of fused-ring (bicyclic) bond motifs is 1. The van der Waals surface area contributed by atoms with Gasteiger partial charge in [-0.05, 0) is 30.8 Å². The molecule has 1 aliphatic rings. The van der Waals surface area contributed by atoms with Gasteiger partial charge in [0.1, 0.15) is 22.6 Å². The van der Waals surface area contributed by atoms with Crippen LogP contribution in [0.25, 0.3) is 11.1 Å². The molecule has 2 aromatic rings. The SMILES string of the molecule is COC(=O)CSc1nc2c(c(-c3cc(OC)ccc3OC)c1C#N)CN(C)CC2. The second kappa shape index (κ2) is 9.16. The van der Waals surface area contributed by atoms with Crippen molar-refractivity contribution in [3.63, 3.8) is 0 Å². The molecule has 0 spiro atoms. The Kier molecular flexibility index (Phi) is 6.62. The first kappa shape index (κ1) is 21.0. The van der Waals surface area contributed by atoms with Crippen LogP contribution in [0.5, 0.6) is 11.5 Å². The Balaban J connectivity index is 2.26. The van der Waals surface area contributed by atoms with Crippen molar-refractivity contribution < 1.29 is 19.0 Å². The highest BCUT2D eigenvalue weighted by Crippen LogP contribution is 2.42. The van der Waals surface area contributed by atoms with Gasteiger partial charge in [0.25, 0.3) is 0 Å². The van der Waals surface area contributed by atoms with Crippen molar-refractivity contribution in [2.24, 2.45) is 0 Å². The summed E-state index contributed by atoms with van der Waals surface area (Å²) in [6.45, 7) is 1.55. The molecule has 0 saturated heterocycles. The van der Waals surface area contributed by atoms with Crippen molar-refractivity contribution in [1.29, 1.82) is 5.26 Å². The van der Waals surface area contributed by atoms with E-state index in [0.717, 1.165) is 35.3 Å². The average molecular weight is 413 g/mol. The van der Waals surface area contributed by atoms with Crippen molar-refractivity contribution in [3.05, 3.63) is 35.0 Å². The predicted molar refractivity (Wildman–Crippen MR) is 110 cm³/mol. The summed E-state index contributed by atoms with van der Waals surface area (Å²) in [5, 5.41) is 10.6. The van der Waals surface area contributed by atoms with Gasteiger partial charge in [-0.15, -0.1) is 0 Å². The number of carbonyl (C=O) groups is 1. The van der Waals surface area contributed by atoms with Crippen molar-refractivity contribution in [2.75, 3.05) is 40.7 Å². The largest absolute Gasteiger partial charge is 0.497 e. The van der Waals surface area contributed by atoms with Crippen molar-refractivity contribution >= 4 is 17.7 Å². The fourth-order valence-corrected chi connectivity index (χ4v) is 4.21. The van der Waals surface area contributed by atoms with Gasteiger partial charge in [0.05, 0.1) is 32.6 Å². The number of hydrogen-bond acceptors (Lipinski definition) is 8. The molecular weight excluding hydrogens is 390 g/mol. The zero-order chi connectivity index (χ0) is 21.0. The summed E-state index contributed by atoms with van der Waals surface area (Å²) in [4.78, 5) is 18.6. The predicted octanol–water partition coefficient (Wildman–Crippen LogP) is 2.89. The van der Waals surface area contributed by atoms with Gasteiger partial charge in [-0.2, -0.15) is 5.26 Å². The Hall–Kier alpha value is -2.76. The average Bonchev–Trinajstić information content (AvgIpc) is 2.75. The molecule has 1 aliphatic heterocycles. The van der Waals surface area contributed by atoms with Crippen molar-refractivity contribution in [1.82, 2.24) is 9.88 Å². The number of carbonyl (C=O) groups excluding carboxylic acids is 1. The molecule has 1 aromatic heterocycles. The number of aromatic nitrogens is 1. The first-order valence-electron chi connectivity index (χ1n) is 9.08. The van der Waals surface area contributed by atoms with Crippen LogP contribution < -0.4 is 9.47 Å². The van der Waals surface area contributed by atoms with Gasteiger partial charge in [-0.1, -0.05) is 11.8 Å². The van der Waals surface area contributed by atoms with E-state index in [-0.39, 0.29) is 11.7 Å². The van der Waals surface area contributed by atoms with E-state index >= 15 is 0 Å². The number of hydrogen-bond donors (Lipinski definition) is 0. The number of pyridine rings is 1. The van der Waals surface area contributed by atoms with Crippen LogP contribution in [-0.4, -0.2) is 56.5 Å². The van der Waals surface area contributed by atoms with E-state index in [1.165, 1.54) is 18.9 Å². The number of methoxy groups -OCH3 is 3. The van der Waals surface area contributed by atoms with Crippen LogP contribution in [0.15, 0.2) is 23.2 Å². The molecule has 3 rings (SSSR count). The molecule has 152 valence electrons. The van der Waals surface area contributed by atoms with E-state index in [1.54, 1.807) is 14.2 Å². The normalized spacial score (nSPS) is 13.3. The van der Waals surface area contributed by atoms with Crippen LogP contribution in [0.4, 0.5) is 0 Å². The highest BCUT2D eigenvalue weighted by Gasteiger charge is 2.27. The van der Waals surface area contributed by atoms with Gasteiger partial charge in [0.2, 0.25) is 0 Å². The summed E-state index contributed by atoms with van der Waals surface area (Å²) in [5.74, 6) is 1.04. The quantitative estimate of drug-likeness (QED) is 0.528. The number of nitriles is 1. The molecule has 0 fully saturated rings. The van der Waals surface area contributed by atoms with Crippen LogP contribution in [-0.2, 0) is 22.5 Å². The maximum absolute atomic E-state index is 11.7. The third-order valence-corrected chi connectivity index (χ3v) is 5.80. The topological polar surface area (TPSA) is 84.7 Å². The summed E-state index contributed by atoms with van der Waals surface area (Å²) < 4.78 is 15.7. The molecule has 0 atom stereocenters. The molecule has 0 saturated carbocycles. The molecule has 1 aromatic carbocycles. The lowest BCUT2D eigenvalue weighted by Gasteiger charge is -2.28. The molecule has 0 N–H and O–H groups in total. The maximum Gasteiger partial charge on any atom is 0.316 e. The van der Waals surface area contributed by atoms with Crippen LogP contribution >= 0.6 is 11.8 Å². The number of likely N-dealkylation sites (N-methyl/N-ethyl adjacent to an activating group) is 1. The number of thioether (sulfide) groups is 1. The Morgan fingerprint density at radius 3 is 2.76 bits per heavy atom. The first-order chi connectivity index (χ1) is 14.0. The molecule has 7 nitrogen and oxygen atoms in total. The maximum atomic E-state index is 11.7. The monoisotopic (exact) mass is 413 g/mol. The summed E-state index contributed by atoms with van der Waals surface area (Å²) in [6.07, 6.45) is 0.766. The molecule has 8 heteroatoms. The Morgan fingerprint density at radius 1 is 1.31 bits per heavy atom. The lowest BCUT2D eigenvalue weighted by molar-refractivity contribution is -0.137. The minimum Gasteiger partial charge on any atom is -0.497 e. The lowest BCUT2D eigenvalue weighted by Crippen LogP contribution is -2.28. The summed E-state index contributed by atoms with van der Waals surface area (Å²) >= 11 is 1.22. The molecule has 0 amide bonds. The lowest BCUT2D eigenvalue weighted by atomic mass is 9.91. The number of benzene rings is 1. The number of rotatable bonds is 6. The smallest absolute Gasteiger partial charge is 0.316 e. The first-order valence-corrected chi connectivity index (χ1v) is 10.1. The number of ether oxygens (including phenoxy) is 3. The van der Waals surface area contributed by atoms with E-state index in [9.17, 15) is 10.1 Å². The van der Waals surface area contributed by atoms with Gasteiger partial charge in [0, 0.05) is 36.3 Å². The third kappa shape index (κ3) is 4.31. The van der Waals surface area contributed by atoms with E-state index in [2.05, 4.69) is 11.0 Å². The molecule has 29 heavy (non-hydrogen) atoms. The van der Waals surface area contributed by atoms with Crippen molar-refractivity contribution in [2.45, 2.75) is 18.0 Å². The van der Waals surface area contributed by atoms with E-state index < -0.39 is 0 Å². The Bertz CT molecular complexity index is 971. The molecule has 0 bridgehead atoms. The number of esters is 1. The zero-order valence-corrected chi connectivity index (χ0v) is 17.8. The second-order valence-corrected chi connectivity index (χ2v) is 7.59. The summed E-state index contributed by atoms with van der Waals surface area (Å²) in [5.41, 5.74) is 3.93. The molecule has 0 radical (unpaired) electrons. The van der Waals surface area contributed by atoms with Crippen LogP contribution in [0, 0.1) is 11.3 Å². The summed E-state index contributed by atoms with van der Waals surface area (Å²) in [6, 6.07) is 7.83. The van der Waals surface area contributed by atoms with Crippen LogP contribution in [0.1, 0.15) is 16.8 Å². The van der Waals surface area contributed by atoms with Gasteiger partial charge in [-0.3, -0.25) is 4.79 Å².